The van der Waals surface area contributed by atoms with Crippen LogP contribution in [0.5, 0.6) is 0 Å². The molecule has 2 aromatic carbocycles. The third kappa shape index (κ3) is 4.63. The van der Waals surface area contributed by atoms with Gasteiger partial charge in [-0.15, -0.1) is 0 Å². The average molecular weight is 511 g/mol. The fourth-order valence-electron chi connectivity index (χ4n) is 3.07. The summed E-state index contributed by atoms with van der Waals surface area (Å²) in [6, 6.07) is 18.1. The standard InChI is InChI=1S/C23H19BrN4O3S/c1-3-31-22(30)19-13-18(27-28(19)17-11-9-16(24)10-12-17)20-14(2)25-23(32-20)26-21(29)15-7-5-4-6-8-15/h4-13H,3H2,1-2H3,(H,25,26,29). The van der Waals surface area contributed by atoms with Crippen LogP contribution in [0.4, 0.5) is 5.13 Å². The SMILES string of the molecule is CCOC(=O)c1cc(-c2sc(NC(=O)c3ccccc3)nc2C)nn1-c1ccc(Br)cc1. The zero-order chi connectivity index (χ0) is 22.7. The zero-order valence-electron chi connectivity index (χ0n) is 17.3. The lowest BCUT2D eigenvalue weighted by atomic mass is 10.2. The molecule has 4 aromatic rings. The van der Waals surface area contributed by atoms with E-state index in [9.17, 15) is 9.59 Å². The lowest BCUT2D eigenvalue weighted by Gasteiger charge is -2.06. The number of hydrogen-bond acceptors (Lipinski definition) is 6. The Balaban J connectivity index is 1.69. The molecule has 0 fully saturated rings. The number of carbonyl (C=O) groups excluding carboxylic acids is 2. The van der Waals surface area contributed by atoms with Crippen LogP contribution in [0.25, 0.3) is 16.3 Å². The van der Waals surface area contributed by atoms with Crippen LogP contribution in [-0.2, 0) is 4.74 Å². The first-order valence-corrected chi connectivity index (χ1v) is 11.4. The van der Waals surface area contributed by atoms with Crippen LogP contribution in [-0.4, -0.2) is 33.2 Å². The zero-order valence-corrected chi connectivity index (χ0v) is 19.7. The minimum absolute atomic E-state index is 0.237. The van der Waals surface area contributed by atoms with Gasteiger partial charge in [0.2, 0.25) is 0 Å². The van der Waals surface area contributed by atoms with E-state index < -0.39 is 5.97 Å². The molecule has 1 N–H and O–H groups in total. The van der Waals surface area contributed by atoms with E-state index in [1.165, 1.54) is 11.3 Å². The van der Waals surface area contributed by atoms with Crippen molar-refractivity contribution in [3.05, 3.63) is 82.1 Å². The number of aromatic nitrogens is 3. The third-order valence-electron chi connectivity index (χ3n) is 4.55. The van der Waals surface area contributed by atoms with Gasteiger partial charge >= 0.3 is 5.97 Å². The Hall–Kier alpha value is -3.30. The minimum atomic E-state index is -0.464. The van der Waals surface area contributed by atoms with Crippen molar-refractivity contribution in [3.8, 4) is 16.3 Å². The molecular formula is C23H19BrN4O3S. The Bertz CT molecular complexity index is 1270. The number of thiazole rings is 1. The van der Waals surface area contributed by atoms with E-state index >= 15 is 0 Å². The summed E-state index contributed by atoms with van der Waals surface area (Å²) in [7, 11) is 0. The largest absolute Gasteiger partial charge is 0.461 e. The van der Waals surface area contributed by atoms with Gasteiger partial charge in [0.1, 0.15) is 5.69 Å². The highest BCUT2D eigenvalue weighted by molar-refractivity contribution is 9.10. The number of anilines is 1. The van der Waals surface area contributed by atoms with Crippen LogP contribution < -0.4 is 5.32 Å². The summed E-state index contributed by atoms with van der Waals surface area (Å²) in [6.07, 6.45) is 0. The molecule has 0 radical (unpaired) electrons. The fourth-order valence-corrected chi connectivity index (χ4v) is 4.25. The number of rotatable bonds is 6. The van der Waals surface area contributed by atoms with Crippen molar-refractivity contribution in [2.24, 2.45) is 0 Å². The molecule has 1 amide bonds. The number of ether oxygens (including phenoxy) is 1. The van der Waals surface area contributed by atoms with E-state index in [1.54, 1.807) is 41.9 Å². The molecule has 7 nitrogen and oxygen atoms in total. The van der Waals surface area contributed by atoms with Crippen molar-refractivity contribution in [2.45, 2.75) is 13.8 Å². The second-order valence-electron chi connectivity index (χ2n) is 6.78. The van der Waals surface area contributed by atoms with Gasteiger partial charge in [-0.2, -0.15) is 5.10 Å². The summed E-state index contributed by atoms with van der Waals surface area (Å²) in [6.45, 7) is 3.86. The maximum absolute atomic E-state index is 12.6. The summed E-state index contributed by atoms with van der Waals surface area (Å²) in [5, 5.41) is 7.94. The van der Waals surface area contributed by atoms with Crippen LogP contribution in [0.15, 0.2) is 65.1 Å². The van der Waals surface area contributed by atoms with Gasteiger partial charge < -0.3 is 4.74 Å². The molecule has 4 rings (SSSR count). The molecule has 0 unspecified atom stereocenters. The molecule has 2 heterocycles. The van der Waals surface area contributed by atoms with Crippen LogP contribution in [0.2, 0.25) is 0 Å². The van der Waals surface area contributed by atoms with E-state index in [-0.39, 0.29) is 12.5 Å². The molecule has 0 spiro atoms. The van der Waals surface area contributed by atoms with E-state index in [4.69, 9.17) is 4.74 Å². The Morgan fingerprint density at radius 1 is 1.12 bits per heavy atom. The number of hydrogen-bond donors (Lipinski definition) is 1. The smallest absolute Gasteiger partial charge is 0.357 e. The minimum Gasteiger partial charge on any atom is -0.461 e. The molecule has 0 aliphatic carbocycles. The van der Waals surface area contributed by atoms with Crippen molar-refractivity contribution in [1.29, 1.82) is 0 Å². The van der Waals surface area contributed by atoms with Gasteiger partial charge in [0.25, 0.3) is 5.91 Å². The van der Waals surface area contributed by atoms with Gasteiger partial charge in [-0.1, -0.05) is 45.5 Å². The van der Waals surface area contributed by atoms with Crippen molar-refractivity contribution >= 4 is 44.3 Å². The molecule has 0 aliphatic heterocycles. The number of amides is 1. The summed E-state index contributed by atoms with van der Waals surface area (Å²) in [4.78, 5) is 30.3. The molecule has 0 bridgehead atoms. The van der Waals surface area contributed by atoms with Gasteiger partial charge in [-0.05, 0) is 50.2 Å². The molecule has 0 atom stereocenters. The van der Waals surface area contributed by atoms with E-state index in [0.29, 0.717) is 27.8 Å². The topological polar surface area (TPSA) is 86.1 Å². The molecule has 0 saturated heterocycles. The maximum Gasteiger partial charge on any atom is 0.357 e. The first-order chi connectivity index (χ1) is 15.5. The van der Waals surface area contributed by atoms with Crippen molar-refractivity contribution in [2.75, 3.05) is 11.9 Å². The van der Waals surface area contributed by atoms with Crippen LogP contribution in [0.1, 0.15) is 33.5 Å². The van der Waals surface area contributed by atoms with Crippen LogP contribution >= 0.6 is 27.3 Å². The van der Waals surface area contributed by atoms with Gasteiger partial charge in [-0.25, -0.2) is 14.5 Å². The van der Waals surface area contributed by atoms with Gasteiger partial charge in [0.15, 0.2) is 10.8 Å². The van der Waals surface area contributed by atoms with Crippen molar-refractivity contribution in [1.82, 2.24) is 14.8 Å². The van der Waals surface area contributed by atoms with Crippen molar-refractivity contribution < 1.29 is 14.3 Å². The molecule has 0 saturated carbocycles. The monoisotopic (exact) mass is 510 g/mol. The van der Waals surface area contributed by atoms with E-state index in [0.717, 1.165) is 15.0 Å². The highest BCUT2D eigenvalue weighted by Crippen LogP contribution is 2.33. The van der Waals surface area contributed by atoms with Gasteiger partial charge in [0, 0.05) is 16.1 Å². The molecule has 9 heteroatoms. The quantitative estimate of drug-likeness (QED) is 0.346. The van der Waals surface area contributed by atoms with E-state index in [2.05, 4.69) is 31.3 Å². The number of nitrogens with zero attached hydrogens (tertiary/aromatic N) is 3. The predicted octanol–water partition coefficient (Wildman–Crippen LogP) is 5.50. The first kappa shape index (κ1) is 21.9. The first-order valence-electron chi connectivity index (χ1n) is 9.83. The summed E-state index contributed by atoms with van der Waals surface area (Å²) < 4.78 is 7.70. The van der Waals surface area contributed by atoms with Crippen LogP contribution in [0.3, 0.4) is 0 Å². The van der Waals surface area contributed by atoms with Gasteiger partial charge in [-0.3, -0.25) is 10.1 Å². The number of esters is 1. The lowest BCUT2D eigenvalue weighted by Crippen LogP contribution is -2.11. The molecular weight excluding hydrogens is 492 g/mol. The Labute approximate surface area is 197 Å². The van der Waals surface area contributed by atoms with Gasteiger partial charge in [0.05, 0.1) is 22.9 Å². The molecule has 2 aromatic heterocycles. The second-order valence-corrected chi connectivity index (χ2v) is 8.69. The third-order valence-corrected chi connectivity index (χ3v) is 6.17. The summed E-state index contributed by atoms with van der Waals surface area (Å²) in [5.74, 6) is -0.701. The van der Waals surface area contributed by atoms with Crippen LogP contribution in [0, 0.1) is 6.92 Å². The second kappa shape index (κ2) is 9.46. The highest BCUT2D eigenvalue weighted by Gasteiger charge is 2.22. The predicted molar refractivity (Wildman–Crippen MR) is 127 cm³/mol. The molecule has 32 heavy (non-hydrogen) atoms. The summed E-state index contributed by atoms with van der Waals surface area (Å²) in [5.41, 5.74) is 2.86. The molecule has 0 aliphatic rings. The Kier molecular flexibility index (Phi) is 6.48. The number of benzene rings is 2. The molecule has 162 valence electrons. The Morgan fingerprint density at radius 3 is 2.53 bits per heavy atom. The number of halogens is 1. The number of nitrogens with one attached hydrogen (secondary N) is 1. The average Bonchev–Trinajstić information content (AvgIpc) is 3.38. The maximum atomic E-state index is 12.6. The number of aryl methyl sites for hydroxylation is 1. The summed E-state index contributed by atoms with van der Waals surface area (Å²) >= 11 is 4.72. The van der Waals surface area contributed by atoms with Crippen molar-refractivity contribution in [3.63, 3.8) is 0 Å². The highest BCUT2D eigenvalue weighted by atomic mass is 79.9. The number of carbonyl (C=O) groups is 2. The normalized spacial score (nSPS) is 10.7. The van der Waals surface area contributed by atoms with E-state index in [1.807, 2.05) is 37.3 Å². The Morgan fingerprint density at radius 2 is 1.84 bits per heavy atom. The fraction of sp³-hybridized carbons (Fsp3) is 0.130. The lowest BCUT2D eigenvalue weighted by molar-refractivity contribution is 0.0515.